The molecule has 18 heavy (non-hydrogen) atoms. The van der Waals surface area contributed by atoms with E-state index in [1.165, 1.54) is 32.4 Å². The Bertz CT molecular complexity index is 168. The van der Waals surface area contributed by atoms with Crippen LogP contribution in [-0.4, -0.2) is 50.3 Å². The summed E-state index contributed by atoms with van der Waals surface area (Å²) in [6.07, 6.45) is 4.99. The van der Waals surface area contributed by atoms with Gasteiger partial charge in [-0.3, -0.25) is 0 Å². The molecule has 0 bridgehead atoms. The molecule has 1 heterocycles. The zero-order chi connectivity index (χ0) is 13.8. The van der Waals surface area contributed by atoms with E-state index in [0.29, 0.717) is 6.04 Å². The van der Waals surface area contributed by atoms with Crippen LogP contribution in [0.15, 0.2) is 0 Å². The van der Waals surface area contributed by atoms with Gasteiger partial charge in [-0.15, -0.1) is 0 Å². The Kier molecular flexibility index (Phi) is 11.9. The maximum Gasteiger partial charge on any atom is 0.0480 e. The van der Waals surface area contributed by atoms with Gasteiger partial charge in [0.05, 0.1) is 0 Å². The minimum Gasteiger partial charge on any atom is -0.382 e. The van der Waals surface area contributed by atoms with Gasteiger partial charge >= 0.3 is 0 Å². The maximum atomic E-state index is 5.40. The first-order valence-electron chi connectivity index (χ1n) is 7.68. The number of piperidine rings is 1. The quantitative estimate of drug-likeness (QED) is 0.741. The summed E-state index contributed by atoms with van der Waals surface area (Å²) in [5.74, 6) is 0. The lowest BCUT2D eigenvalue weighted by atomic mass is 10.0. The number of hydrogen-bond donors (Lipinski definition) is 1. The van der Waals surface area contributed by atoms with E-state index in [2.05, 4.69) is 45.0 Å². The van der Waals surface area contributed by atoms with Crippen LogP contribution in [0.4, 0.5) is 0 Å². The molecule has 0 saturated carbocycles. The van der Waals surface area contributed by atoms with Gasteiger partial charge in [0.25, 0.3) is 0 Å². The molecule has 110 valence electrons. The first-order chi connectivity index (χ1) is 8.69. The fourth-order valence-electron chi connectivity index (χ4n) is 2.21. The van der Waals surface area contributed by atoms with Crippen molar-refractivity contribution >= 4 is 0 Å². The summed E-state index contributed by atoms with van der Waals surface area (Å²) in [6.45, 7) is 12.8. The summed E-state index contributed by atoms with van der Waals surface area (Å²) >= 11 is 0. The normalized spacial score (nSPS) is 19.2. The van der Waals surface area contributed by atoms with Crippen LogP contribution in [0.1, 0.15) is 53.4 Å². The zero-order valence-electron chi connectivity index (χ0n) is 13.2. The lowest BCUT2D eigenvalue weighted by Crippen LogP contribution is -2.45. The lowest BCUT2D eigenvalue weighted by molar-refractivity contribution is 0.0958. The highest BCUT2D eigenvalue weighted by atomic mass is 16.5. The molecule has 3 nitrogen and oxygen atoms in total. The molecule has 0 radical (unpaired) electrons. The predicted molar refractivity (Wildman–Crippen MR) is 80.2 cm³/mol. The lowest BCUT2D eigenvalue weighted by Gasteiger charge is -2.35. The Labute approximate surface area is 114 Å². The first-order valence-corrected chi connectivity index (χ1v) is 7.68. The minimum atomic E-state index is 0.675. The van der Waals surface area contributed by atoms with E-state index in [1.807, 2.05) is 0 Å². The van der Waals surface area contributed by atoms with Gasteiger partial charge in [-0.2, -0.15) is 0 Å². The van der Waals surface area contributed by atoms with Crippen LogP contribution < -0.4 is 5.32 Å². The second-order valence-corrected chi connectivity index (χ2v) is 5.14. The SMILES string of the molecule is CCC.CCOCCC(C)N1CCC(NC)CC1. The molecule has 1 aliphatic rings. The Hall–Kier alpha value is -0.120. The number of likely N-dealkylation sites (tertiary alicyclic amines) is 1. The second kappa shape index (κ2) is 11.9. The maximum absolute atomic E-state index is 5.40. The van der Waals surface area contributed by atoms with Crippen molar-refractivity contribution in [2.45, 2.75) is 65.5 Å². The number of nitrogens with one attached hydrogen (secondary N) is 1. The predicted octanol–water partition coefficient (Wildman–Crippen LogP) is 2.90. The molecule has 0 spiro atoms. The topological polar surface area (TPSA) is 24.5 Å². The van der Waals surface area contributed by atoms with Crippen molar-refractivity contribution in [2.75, 3.05) is 33.4 Å². The molecule has 1 atom stereocenters. The number of ether oxygens (including phenoxy) is 1. The Balaban J connectivity index is 0.000000873. The van der Waals surface area contributed by atoms with E-state index in [-0.39, 0.29) is 0 Å². The summed E-state index contributed by atoms with van der Waals surface area (Å²) in [5, 5.41) is 3.36. The fraction of sp³-hybridized carbons (Fsp3) is 1.00. The highest BCUT2D eigenvalue weighted by molar-refractivity contribution is 4.78. The van der Waals surface area contributed by atoms with E-state index < -0.39 is 0 Å². The van der Waals surface area contributed by atoms with Crippen molar-refractivity contribution in [2.24, 2.45) is 0 Å². The van der Waals surface area contributed by atoms with Crippen LogP contribution >= 0.6 is 0 Å². The zero-order valence-corrected chi connectivity index (χ0v) is 13.2. The standard InChI is InChI=1S/C12H26N2O.C3H8/c1-4-15-10-7-11(2)14-8-5-12(13-3)6-9-14;1-3-2/h11-13H,4-10H2,1-3H3;3H2,1-2H3. The summed E-state index contributed by atoms with van der Waals surface area (Å²) in [7, 11) is 2.07. The van der Waals surface area contributed by atoms with E-state index in [9.17, 15) is 0 Å². The van der Waals surface area contributed by atoms with Gasteiger partial charge in [-0.05, 0) is 53.2 Å². The van der Waals surface area contributed by atoms with Crippen molar-refractivity contribution in [3.8, 4) is 0 Å². The van der Waals surface area contributed by atoms with Crippen LogP contribution in [0.5, 0.6) is 0 Å². The Morgan fingerprint density at radius 3 is 2.22 bits per heavy atom. The third-order valence-electron chi connectivity index (χ3n) is 3.45. The summed E-state index contributed by atoms with van der Waals surface area (Å²) in [6, 6.07) is 1.41. The largest absolute Gasteiger partial charge is 0.382 e. The molecule has 1 rings (SSSR count). The molecule has 0 aromatic carbocycles. The summed E-state index contributed by atoms with van der Waals surface area (Å²) < 4.78 is 5.40. The number of rotatable bonds is 6. The molecule has 0 aromatic rings. The molecule has 0 amide bonds. The van der Waals surface area contributed by atoms with E-state index in [0.717, 1.165) is 25.7 Å². The van der Waals surface area contributed by atoms with Crippen molar-refractivity contribution in [1.82, 2.24) is 10.2 Å². The summed E-state index contributed by atoms with van der Waals surface area (Å²) in [5.41, 5.74) is 0. The van der Waals surface area contributed by atoms with Crippen LogP contribution in [0.2, 0.25) is 0 Å². The molecular weight excluding hydrogens is 224 g/mol. The van der Waals surface area contributed by atoms with E-state index >= 15 is 0 Å². The van der Waals surface area contributed by atoms with E-state index in [4.69, 9.17) is 4.74 Å². The highest BCUT2D eigenvalue weighted by Crippen LogP contribution is 2.14. The molecule has 1 unspecified atom stereocenters. The van der Waals surface area contributed by atoms with Crippen molar-refractivity contribution in [3.63, 3.8) is 0 Å². The van der Waals surface area contributed by atoms with Gasteiger partial charge in [-0.1, -0.05) is 20.3 Å². The molecule has 1 N–H and O–H groups in total. The van der Waals surface area contributed by atoms with Crippen LogP contribution in [0.25, 0.3) is 0 Å². The Morgan fingerprint density at radius 1 is 1.22 bits per heavy atom. The van der Waals surface area contributed by atoms with Crippen LogP contribution in [-0.2, 0) is 4.74 Å². The fourth-order valence-corrected chi connectivity index (χ4v) is 2.21. The van der Waals surface area contributed by atoms with E-state index in [1.54, 1.807) is 0 Å². The van der Waals surface area contributed by atoms with Gasteiger partial charge in [0.15, 0.2) is 0 Å². The van der Waals surface area contributed by atoms with Gasteiger partial charge in [0.1, 0.15) is 0 Å². The van der Waals surface area contributed by atoms with Gasteiger partial charge in [0.2, 0.25) is 0 Å². The minimum absolute atomic E-state index is 0.675. The smallest absolute Gasteiger partial charge is 0.0480 e. The highest BCUT2D eigenvalue weighted by Gasteiger charge is 2.21. The third-order valence-corrected chi connectivity index (χ3v) is 3.45. The van der Waals surface area contributed by atoms with Crippen LogP contribution in [0, 0.1) is 0 Å². The van der Waals surface area contributed by atoms with Gasteiger partial charge in [-0.25, -0.2) is 0 Å². The Morgan fingerprint density at radius 2 is 1.78 bits per heavy atom. The monoisotopic (exact) mass is 258 g/mol. The molecule has 1 fully saturated rings. The van der Waals surface area contributed by atoms with Crippen molar-refractivity contribution in [3.05, 3.63) is 0 Å². The van der Waals surface area contributed by atoms with Gasteiger partial charge < -0.3 is 15.0 Å². The molecule has 0 aromatic heterocycles. The number of hydrogen-bond acceptors (Lipinski definition) is 3. The van der Waals surface area contributed by atoms with Crippen molar-refractivity contribution < 1.29 is 4.74 Å². The number of nitrogens with zero attached hydrogens (tertiary/aromatic N) is 1. The molecule has 0 aliphatic carbocycles. The first kappa shape index (κ1) is 17.9. The molecular formula is C15H34N2O. The molecule has 3 heteroatoms. The average Bonchev–Trinajstić information content (AvgIpc) is 2.40. The second-order valence-electron chi connectivity index (χ2n) is 5.14. The molecule has 1 saturated heterocycles. The third kappa shape index (κ3) is 8.06. The van der Waals surface area contributed by atoms with Crippen molar-refractivity contribution in [1.29, 1.82) is 0 Å². The van der Waals surface area contributed by atoms with Gasteiger partial charge in [0, 0.05) is 25.3 Å². The summed E-state index contributed by atoms with van der Waals surface area (Å²) in [4.78, 5) is 2.59. The van der Waals surface area contributed by atoms with Crippen LogP contribution in [0.3, 0.4) is 0 Å². The average molecular weight is 258 g/mol. The molecule has 1 aliphatic heterocycles.